The molecule has 1 saturated heterocycles. The number of hydroxylamine groups is 3. The molecule has 1 heterocycles. The second-order valence-electron chi connectivity index (χ2n) is 4.04. The Labute approximate surface area is 68.4 Å². The van der Waals surface area contributed by atoms with Gasteiger partial charge in [0.1, 0.15) is 0 Å². The Morgan fingerprint density at radius 1 is 0.909 bits per heavy atom. The molecule has 0 aromatic heterocycles. The molecule has 1 aliphatic heterocycles. The van der Waals surface area contributed by atoms with Gasteiger partial charge in [-0.1, -0.05) is 6.42 Å². The molecule has 2 rings (SSSR count). The van der Waals surface area contributed by atoms with Crippen LogP contribution in [0.25, 0.3) is 0 Å². The maximum Gasteiger partial charge on any atom is 0.0887 e. The zero-order chi connectivity index (χ0) is 7.73. The van der Waals surface area contributed by atoms with E-state index in [1.165, 1.54) is 38.5 Å². The van der Waals surface area contributed by atoms with Gasteiger partial charge >= 0.3 is 0 Å². The van der Waals surface area contributed by atoms with Gasteiger partial charge in [0.15, 0.2) is 0 Å². The van der Waals surface area contributed by atoms with Gasteiger partial charge in [0.25, 0.3) is 0 Å². The van der Waals surface area contributed by atoms with Gasteiger partial charge in [-0.05, 0) is 25.7 Å². The summed E-state index contributed by atoms with van der Waals surface area (Å²) >= 11 is 0. The van der Waals surface area contributed by atoms with Crippen molar-refractivity contribution >= 4 is 0 Å². The van der Waals surface area contributed by atoms with Crippen LogP contribution >= 0.6 is 0 Å². The van der Waals surface area contributed by atoms with Crippen molar-refractivity contribution in [2.24, 2.45) is 0 Å². The minimum absolute atomic E-state index is 0.167. The Balaban J connectivity index is 1.91. The highest BCUT2D eigenvalue weighted by atomic mass is 16.6. The first-order valence-corrected chi connectivity index (χ1v) is 4.89. The van der Waals surface area contributed by atoms with Crippen LogP contribution in [0.4, 0.5) is 0 Å². The third-order valence-electron chi connectivity index (χ3n) is 3.31. The lowest BCUT2D eigenvalue weighted by molar-refractivity contribution is -0.943. The lowest BCUT2D eigenvalue weighted by Gasteiger charge is -2.56. The number of likely N-dealkylation sites (tertiary alicyclic amines) is 1. The van der Waals surface area contributed by atoms with E-state index < -0.39 is 0 Å². The van der Waals surface area contributed by atoms with Gasteiger partial charge in [0.05, 0.1) is 19.1 Å². The second kappa shape index (κ2) is 2.76. The van der Waals surface area contributed by atoms with Crippen molar-refractivity contribution in [3.05, 3.63) is 5.21 Å². The smallest absolute Gasteiger partial charge is 0.0887 e. The SMILES string of the molecule is [O-][N+]1(C2CCCCC2)CCC1. The highest BCUT2D eigenvalue weighted by Crippen LogP contribution is 2.32. The molecule has 2 nitrogen and oxygen atoms in total. The van der Waals surface area contributed by atoms with E-state index in [1.54, 1.807) is 0 Å². The molecule has 0 radical (unpaired) electrons. The third-order valence-corrected chi connectivity index (χ3v) is 3.31. The predicted molar refractivity (Wildman–Crippen MR) is 44.9 cm³/mol. The summed E-state index contributed by atoms with van der Waals surface area (Å²) in [5.41, 5.74) is 0. The van der Waals surface area contributed by atoms with Crippen LogP contribution in [0.5, 0.6) is 0 Å². The first-order valence-electron chi connectivity index (χ1n) is 4.89. The zero-order valence-electron chi connectivity index (χ0n) is 7.09. The monoisotopic (exact) mass is 155 g/mol. The summed E-state index contributed by atoms with van der Waals surface area (Å²) in [5.74, 6) is 0. The molecule has 0 bridgehead atoms. The van der Waals surface area contributed by atoms with Gasteiger partial charge < -0.3 is 9.85 Å². The van der Waals surface area contributed by atoms with Crippen LogP contribution in [-0.2, 0) is 0 Å². The zero-order valence-corrected chi connectivity index (χ0v) is 7.09. The predicted octanol–water partition coefficient (Wildman–Crippen LogP) is 2.04. The van der Waals surface area contributed by atoms with Gasteiger partial charge in [-0.15, -0.1) is 0 Å². The molecule has 2 heteroatoms. The highest BCUT2D eigenvalue weighted by Gasteiger charge is 2.35. The van der Waals surface area contributed by atoms with E-state index in [2.05, 4.69) is 0 Å². The average molecular weight is 155 g/mol. The first kappa shape index (κ1) is 7.56. The fraction of sp³-hybridized carbons (Fsp3) is 1.00. The molecule has 11 heavy (non-hydrogen) atoms. The molecule has 0 aromatic rings. The molecule has 2 aliphatic rings. The Hall–Kier alpha value is -0.0800. The van der Waals surface area contributed by atoms with Crippen LogP contribution in [0.2, 0.25) is 0 Å². The normalized spacial score (nSPS) is 31.4. The maximum atomic E-state index is 11.9. The molecule has 0 amide bonds. The van der Waals surface area contributed by atoms with Crippen molar-refractivity contribution in [2.45, 2.75) is 44.6 Å². The van der Waals surface area contributed by atoms with Gasteiger partial charge in [0.2, 0.25) is 0 Å². The van der Waals surface area contributed by atoms with E-state index in [9.17, 15) is 5.21 Å². The van der Waals surface area contributed by atoms with Gasteiger partial charge in [-0.2, -0.15) is 0 Å². The average Bonchev–Trinajstić information content (AvgIpc) is 2.02. The van der Waals surface area contributed by atoms with Crippen LogP contribution in [-0.4, -0.2) is 23.8 Å². The highest BCUT2D eigenvalue weighted by molar-refractivity contribution is 4.71. The van der Waals surface area contributed by atoms with Gasteiger partial charge in [0, 0.05) is 6.42 Å². The van der Waals surface area contributed by atoms with E-state index in [-0.39, 0.29) is 4.65 Å². The summed E-state index contributed by atoms with van der Waals surface area (Å²) in [7, 11) is 0. The number of hydrogen-bond acceptors (Lipinski definition) is 1. The fourth-order valence-corrected chi connectivity index (χ4v) is 2.39. The van der Waals surface area contributed by atoms with E-state index in [1.807, 2.05) is 0 Å². The molecule has 0 spiro atoms. The number of quaternary nitrogens is 1. The van der Waals surface area contributed by atoms with E-state index in [4.69, 9.17) is 0 Å². The van der Waals surface area contributed by atoms with Crippen molar-refractivity contribution in [1.82, 2.24) is 0 Å². The Bertz CT molecular complexity index is 136. The van der Waals surface area contributed by atoms with Crippen LogP contribution in [0.1, 0.15) is 38.5 Å². The molecule has 1 saturated carbocycles. The van der Waals surface area contributed by atoms with Crippen LogP contribution in [0.3, 0.4) is 0 Å². The van der Waals surface area contributed by atoms with Crippen LogP contribution in [0, 0.1) is 5.21 Å². The van der Waals surface area contributed by atoms with E-state index in [0.717, 1.165) is 13.1 Å². The van der Waals surface area contributed by atoms with Crippen molar-refractivity contribution < 1.29 is 4.65 Å². The van der Waals surface area contributed by atoms with Crippen molar-refractivity contribution in [1.29, 1.82) is 0 Å². The maximum absolute atomic E-state index is 11.9. The Morgan fingerprint density at radius 3 is 2.00 bits per heavy atom. The largest absolute Gasteiger partial charge is 0.633 e. The summed E-state index contributed by atoms with van der Waals surface area (Å²) in [6.07, 6.45) is 7.52. The number of nitrogens with zero attached hydrogens (tertiary/aromatic N) is 1. The number of rotatable bonds is 1. The topological polar surface area (TPSA) is 23.1 Å². The summed E-state index contributed by atoms with van der Waals surface area (Å²) in [6, 6.07) is 0.484. The van der Waals surface area contributed by atoms with Crippen molar-refractivity contribution in [3.8, 4) is 0 Å². The van der Waals surface area contributed by atoms with Gasteiger partial charge in [-0.3, -0.25) is 0 Å². The molecular weight excluding hydrogens is 138 g/mol. The summed E-state index contributed by atoms with van der Waals surface area (Å²) < 4.78 is 0.167. The quantitative estimate of drug-likeness (QED) is 0.420. The minimum Gasteiger partial charge on any atom is -0.633 e. The van der Waals surface area contributed by atoms with Crippen molar-refractivity contribution in [2.75, 3.05) is 13.1 Å². The summed E-state index contributed by atoms with van der Waals surface area (Å²) in [5, 5.41) is 11.9. The standard InChI is InChI=1S/C9H17NO/c11-10(7-4-8-10)9-5-2-1-3-6-9/h9H,1-8H2. The molecule has 2 fully saturated rings. The van der Waals surface area contributed by atoms with Crippen LogP contribution < -0.4 is 0 Å². The first-order chi connectivity index (χ1) is 5.31. The van der Waals surface area contributed by atoms with Crippen LogP contribution in [0.15, 0.2) is 0 Å². The lowest BCUT2D eigenvalue weighted by atomic mass is 9.92. The summed E-state index contributed by atoms with van der Waals surface area (Å²) in [6.45, 7) is 1.81. The number of hydrogen-bond donors (Lipinski definition) is 0. The molecule has 0 atom stereocenters. The Morgan fingerprint density at radius 2 is 1.55 bits per heavy atom. The fourth-order valence-electron chi connectivity index (χ4n) is 2.39. The van der Waals surface area contributed by atoms with Crippen molar-refractivity contribution in [3.63, 3.8) is 0 Å². The second-order valence-corrected chi connectivity index (χ2v) is 4.04. The molecule has 0 aromatic carbocycles. The Kier molecular flexibility index (Phi) is 1.90. The molecule has 64 valence electrons. The van der Waals surface area contributed by atoms with E-state index in [0.29, 0.717) is 6.04 Å². The lowest BCUT2D eigenvalue weighted by Crippen LogP contribution is -2.59. The van der Waals surface area contributed by atoms with E-state index >= 15 is 0 Å². The van der Waals surface area contributed by atoms with Gasteiger partial charge in [-0.25, -0.2) is 0 Å². The summed E-state index contributed by atoms with van der Waals surface area (Å²) in [4.78, 5) is 0. The third kappa shape index (κ3) is 1.30. The molecule has 0 unspecified atom stereocenters. The minimum atomic E-state index is 0.167. The molecule has 1 aliphatic carbocycles. The molecule has 0 N–H and O–H groups in total. The molecular formula is C9H17NO.